The van der Waals surface area contributed by atoms with E-state index in [1.165, 1.54) is 5.56 Å². The Labute approximate surface area is 97.5 Å². The summed E-state index contributed by atoms with van der Waals surface area (Å²) in [5.41, 5.74) is 3.35. The van der Waals surface area contributed by atoms with Crippen LogP contribution in [0.2, 0.25) is 0 Å². The van der Waals surface area contributed by atoms with Crippen molar-refractivity contribution in [2.45, 2.75) is 13.3 Å². The normalized spacial score (nSPS) is 11.6. The fourth-order valence-electron chi connectivity index (χ4n) is 1.54. The summed E-state index contributed by atoms with van der Waals surface area (Å²) in [6.07, 6.45) is 5.36. The number of benzene rings is 1. The minimum absolute atomic E-state index is 0.964. The first-order valence-electron chi connectivity index (χ1n) is 4.98. The molecule has 0 aliphatic carbocycles. The van der Waals surface area contributed by atoms with Crippen LogP contribution in [0.4, 0.5) is 0 Å². The molecular formula is C12H13BrN2. The Morgan fingerprint density at radius 3 is 3.13 bits per heavy atom. The lowest BCUT2D eigenvalue weighted by atomic mass is 10.2. The quantitative estimate of drug-likeness (QED) is 0.843. The van der Waals surface area contributed by atoms with Crippen molar-refractivity contribution in [2.75, 3.05) is 5.33 Å². The van der Waals surface area contributed by atoms with Crippen LogP contribution < -0.4 is 0 Å². The largest absolute Gasteiger partial charge is 0.342 e. The third kappa shape index (κ3) is 2.48. The molecule has 0 radical (unpaired) electrons. The van der Waals surface area contributed by atoms with Gasteiger partial charge in [-0.2, -0.15) is 0 Å². The Morgan fingerprint density at radius 2 is 2.33 bits per heavy atom. The highest BCUT2D eigenvalue weighted by atomic mass is 79.9. The molecule has 15 heavy (non-hydrogen) atoms. The fourth-order valence-corrected chi connectivity index (χ4v) is 1.81. The predicted octanol–water partition coefficient (Wildman–Crippen LogP) is 3.67. The molecule has 0 bridgehead atoms. The van der Waals surface area contributed by atoms with Crippen LogP contribution in [0.1, 0.15) is 17.8 Å². The number of fused-ring (bicyclic) bond motifs is 1. The first kappa shape index (κ1) is 10.4. The van der Waals surface area contributed by atoms with Gasteiger partial charge in [-0.15, -0.1) is 0 Å². The molecule has 1 N–H and O–H groups in total. The van der Waals surface area contributed by atoms with Crippen LogP contribution >= 0.6 is 15.9 Å². The first-order chi connectivity index (χ1) is 7.29. The maximum atomic E-state index is 4.36. The van der Waals surface area contributed by atoms with E-state index in [-0.39, 0.29) is 0 Å². The first-order valence-corrected chi connectivity index (χ1v) is 6.10. The van der Waals surface area contributed by atoms with Crippen LogP contribution in [0, 0.1) is 6.92 Å². The molecule has 0 amide bonds. The molecule has 1 aromatic carbocycles. The molecule has 0 fully saturated rings. The van der Waals surface area contributed by atoms with E-state index in [1.54, 1.807) is 0 Å². The van der Waals surface area contributed by atoms with Gasteiger partial charge in [-0.1, -0.05) is 34.1 Å². The van der Waals surface area contributed by atoms with E-state index in [2.05, 4.69) is 50.2 Å². The number of allylic oxidation sites excluding steroid dienone is 1. The van der Waals surface area contributed by atoms with Gasteiger partial charge in [0.05, 0.1) is 11.0 Å². The van der Waals surface area contributed by atoms with Gasteiger partial charge in [-0.3, -0.25) is 0 Å². The number of alkyl halides is 1. The van der Waals surface area contributed by atoms with Crippen LogP contribution in [0.5, 0.6) is 0 Å². The van der Waals surface area contributed by atoms with Crippen LogP contribution in [0.15, 0.2) is 24.3 Å². The number of halogens is 1. The maximum Gasteiger partial charge on any atom is 0.104 e. The van der Waals surface area contributed by atoms with Crippen molar-refractivity contribution < 1.29 is 0 Å². The minimum Gasteiger partial charge on any atom is -0.342 e. The van der Waals surface area contributed by atoms with Gasteiger partial charge >= 0.3 is 0 Å². The second kappa shape index (κ2) is 4.62. The fraction of sp³-hybridized carbons (Fsp3) is 0.250. The van der Waals surface area contributed by atoms with Crippen molar-refractivity contribution in [3.8, 4) is 0 Å². The molecule has 2 nitrogen and oxygen atoms in total. The molecule has 0 atom stereocenters. The van der Waals surface area contributed by atoms with E-state index in [0.29, 0.717) is 0 Å². The number of aryl methyl sites for hydroxylation is 1. The van der Waals surface area contributed by atoms with Gasteiger partial charge in [-0.05, 0) is 31.0 Å². The molecular weight excluding hydrogens is 252 g/mol. The summed E-state index contributed by atoms with van der Waals surface area (Å²) in [4.78, 5) is 7.60. The van der Waals surface area contributed by atoms with Crippen LogP contribution in [0.25, 0.3) is 17.1 Å². The summed E-state index contributed by atoms with van der Waals surface area (Å²) in [5, 5.41) is 1.01. The lowest BCUT2D eigenvalue weighted by Crippen LogP contribution is -1.74. The minimum atomic E-state index is 0.964. The Balaban J connectivity index is 2.30. The number of rotatable bonds is 3. The Bertz CT molecular complexity index is 485. The summed E-state index contributed by atoms with van der Waals surface area (Å²) in [6, 6.07) is 6.26. The lowest BCUT2D eigenvalue weighted by molar-refractivity contribution is 1.17. The van der Waals surface area contributed by atoms with Crippen molar-refractivity contribution in [1.82, 2.24) is 9.97 Å². The predicted molar refractivity (Wildman–Crippen MR) is 68.3 cm³/mol. The van der Waals surface area contributed by atoms with Gasteiger partial charge in [-0.25, -0.2) is 4.98 Å². The molecule has 0 saturated carbocycles. The molecule has 1 heterocycles. The van der Waals surface area contributed by atoms with Gasteiger partial charge in [0.15, 0.2) is 0 Å². The van der Waals surface area contributed by atoms with E-state index in [9.17, 15) is 0 Å². The molecule has 0 spiro atoms. The van der Waals surface area contributed by atoms with E-state index >= 15 is 0 Å². The smallest absolute Gasteiger partial charge is 0.104 e. The van der Waals surface area contributed by atoms with Gasteiger partial charge in [0.2, 0.25) is 0 Å². The zero-order valence-electron chi connectivity index (χ0n) is 8.63. The van der Waals surface area contributed by atoms with Gasteiger partial charge in [0.1, 0.15) is 5.82 Å². The maximum absolute atomic E-state index is 4.36. The summed E-state index contributed by atoms with van der Waals surface area (Å²) < 4.78 is 0. The molecule has 3 heteroatoms. The third-order valence-corrected chi connectivity index (χ3v) is 2.67. The summed E-state index contributed by atoms with van der Waals surface area (Å²) >= 11 is 3.40. The average molecular weight is 265 g/mol. The number of hydrogen-bond acceptors (Lipinski definition) is 1. The highest BCUT2D eigenvalue weighted by molar-refractivity contribution is 9.09. The SMILES string of the molecule is Cc1nc2ccc(C=CCCBr)cc2[nH]1. The topological polar surface area (TPSA) is 28.7 Å². The number of imidazole rings is 1. The molecule has 0 aliphatic rings. The number of aromatic nitrogens is 2. The van der Waals surface area contributed by atoms with E-state index in [1.807, 2.05) is 13.0 Å². The van der Waals surface area contributed by atoms with Gasteiger partial charge < -0.3 is 4.98 Å². The van der Waals surface area contributed by atoms with Crippen molar-refractivity contribution in [3.05, 3.63) is 35.7 Å². The van der Waals surface area contributed by atoms with Gasteiger partial charge in [0.25, 0.3) is 0 Å². The highest BCUT2D eigenvalue weighted by Gasteiger charge is 1.98. The number of hydrogen-bond donors (Lipinski definition) is 1. The summed E-state index contributed by atoms with van der Waals surface area (Å²) in [6.45, 7) is 1.97. The summed E-state index contributed by atoms with van der Waals surface area (Å²) in [7, 11) is 0. The van der Waals surface area contributed by atoms with Gasteiger partial charge in [0, 0.05) is 5.33 Å². The number of nitrogens with one attached hydrogen (secondary N) is 1. The van der Waals surface area contributed by atoms with E-state index in [0.717, 1.165) is 28.6 Å². The standard InChI is InChI=1S/C12H13BrN2/c1-9-14-11-6-5-10(4-2-3-7-13)8-12(11)15-9/h2,4-6,8H,3,7H2,1H3,(H,14,15). The number of aromatic amines is 1. The molecule has 2 rings (SSSR count). The molecule has 1 aromatic heterocycles. The molecule has 78 valence electrons. The zero-order valence-corrected chi connectivity index (χ0v) is 10.2. The number of nitrogens with zero attached hydrogens (tertiary/aromatic N) is 1. The second-order valence-electron chi connectivity index (χ2n) is 3.48. The Morgan fingerprint density at radius 1 is 1.47 bits per heavy atom. The van der Waals surface area contributed by atoms with Crippen molar-refractivity contribution in [1.29, 1.82) is 0 Å². The highest BCUT2D eigenvalue weighted by Crippen LogP contribution is 2.14. The van der Waals surface area contributed by atoms with Crippen molar-refractivity contribution in [3.63, 3.8) is 0 Å². The molecule has 0 aliphatic heterocycles. The number of H-pyrrole nitrogens is 1. The average Bonchev–Trinajstić information content (AvgIpc) is 2.57. The van der Waals surface area contributed by atoms with Crippen molar-refractivity contribution in [2.24, 2.45) is 0 Å². The monoisotopic (exact) mass is 264 g/mol. The van der Waals surface area contributed by atoms with Crippen LogP contribution in [-0.2, 0) is 0 Å². The van der Waals surface area contributed by atoms with Crippen molar-refractivity contribution >= 4 is 33.0 Å². The lowest BCUT2D eigenvalue weighted by Gasteiger charge is -1.93. The summed E-state index contributed by atoms with van der Waals surface area (Å²) in [5.74, 6) is 0.964. The van der Waals surface area contributed by atoms with E-state index < -0.39 is 0 Å². The Kier molecular flexibility index (Phi) is 3.21. The third-order valence-electron chi connectivity index (χ3n) is 2.21. The Hall–Kier alpha value is -1.09. The van der Waals surface area contributed by atoms with Crippen LogP contribution in [-0.4, -0.2) is 15.3 Å². The second-order valence-corrected chi connectivity index (χ2v) is 4.27. The van der Waals surface area contributed by atoms with Crippen LogP contribution in [0.3, 0.4) is 0 Å². The zero-order chi connectivity index (χ0) is 10.7. The molecule has 0 saturated heterocycles. The molecule has 0 unspecified atom stereocenters. The van der Waals surface area contributed by atoms with E-state index in [4.69, 9.17) is 0 Å². The molecule has 2 aromatic rings.